The average molecular weight is 360 g/mol. The zero-order valence-electron chi connectivity index (χ0n) is 15.5. The van der Waals surface area contributed by atoms with Gasteiger partial charge in [-0.05, 0) is 44.1 Å². The minimum atomic E-state index is -0.257. The summed E-state index contributed by atoms with van der Waals surface area (Å²) in [5, 5.41) is 4.84. The summed E-state index contributed by atoms with van der Waals surface area (Å²) in [7, 11) is 1.99. The van der Waals surface area contributed by atoms with E-state index in [1.54, 1.807) is 11.3 Å². The Morgan fingerprint density at radius 3 is 2.96 bits per heavy atom. The lowest BCUT2D eigenvalue weighted by Gasteiger charge is -2.05. The predicted octanol–water partition coefficient (Wildman–Crippen LogP) is 5.36. The molecule has 1 saturated carbocycles. The highest BCUT2D eigenvalue weighted by Gasteiger charge is 2.34. The summed E-state index contributed by atoms with van der Waals surface area (Å²) in [6.45, 7) is 6.57. The molecule has 1 aromatic heterocycles. The zero-order chi connectivity index (χ0) is 18.0. The standard InChI is InChI=1S/C20H27N2O2S/c1-5-8-13(3)22(4)21-18-16-10-7-9-14-11-15(14)12-17(16)25-19(18)20(23)24-6-2/h7,9-10,13,15H,5-6,8,11-12H2,1-4H3/q+1. The maximum atomic E-state index is 12.5. The minimum absolute atomic E-state index is 0.257. The molecule has 0 radical (unpaired) electrons. The molecule has 0 amide bonds. The van der Waals surface area contributed by atoms with Crippen LogP contribution in [0.2, 0.25) is 0 Å². The maximum Gasteiger partial charge on any atom is 0.350 e. The van der Waals surface area contributed by atoms with Crippen LogP contribution in [0.25, 0.3) is 6.08 Å². The molecular weight excluding hydrogens is 332 g/mol. The van der Waals surface area contributed by atoms with Crippen molar-refractivity contribution in [1.29, 1.82) is 0 Å². The molecular formula is C20H27N2O2S+. The molecule has 0 N–H and O–H groups in total. The fraction of sp³-hybridized carbons (Fsp3) is 0.550. The van der Waals surface area contributed by atoms with Gasteiger partial charge in [0.1, 0.15) is 4.88 Å². The number of ether oxygens (including phenoxy) is 1. The summed E-state index contributed by atoms with van der Waals surface area (Å²) in [5.74, 6) is 0.383. The number of esters is 1. The van der Waals surface area contributed by atoms with Crippen LogP contribution < -0.4 is 0 Å². The molecule has 2 atom stereocenters. The quantitative estimate of drug-likeness (QED) is 0.390. The Morgan fingerprint density at radius 2 is 2.24 bits per heavy atom. The van der Waals surface area contributed by atoms with Gasteiger partial charge in [0.15, 0.2) is 18.8 Å². The molecule has 4 nitrogen and oxygen atoms in total. The Hall–Kier alpha value is -1.75. The molecule has 25 heavy (non-hydrogen) atoms. The van der Waals surface area contributed by atoms with E-state index in [9.17, 15) is 4.79 Å². The zero-order valence-corrected chi connectivity index (χ0v) is 16.4. The van der Waals surface area contributed by atoms with Gasteiger partial charge in [0.25, 0.3) is 0 Å². The van der Waals surface area contributed by atoms with Gasteiger partial charge in [-0.2, -0.15) is 0 Å². The Balaban J connectivity index is 2.04. The highest BCUT2D eigenvalue weighted by atomic mass is 32.1. The van der Waals surface area contributed by atoms with Crippen LogP contribution >= 0.6 is 11.3 Å². The third kappa shape index (κ3) is 3.92. The van der Waals surface area contributed by atoms with Crippen LogP contribution in [0.3, 0.4) is 0 Å². The van der Waals surface area contributed by atoms with Gasteiger partial charge in [-0.3, -0.25) is 0 Å². The highest BCUT2D eigenvalue weighted by Crippen LogP contribution is 2.47. The molecule has 1 heterocycles. The third-order valence-corrected chi connectivity index (χ3v) is 6.11. The molecule has 0 aromatic carbocycles. The maximum absolute atomic E-state index is 12.5. The van der Waals surface area contributed by atoms with Gasteiger partial charge in [0, 0.05) is 16.9 Å². The summed E-state index contributed by atoms with van der Waals surface area (Å²) in [4.78, 5) is 14.4. The van der Waals surface area contributed by atoms with Gasteiger partial charge >= 0.3 is 5.97 Å². The molecule has 0 spiro atoms. The van der Waals surface area contributed by atoms with Crippen LogP contribution in [0, 0.1) is 5.92 Å². The summed E-state index contributed by atoms with van der Waals surface area (Å²) in [6.07, 6.45) is 10.8. The fourth-order valence-corrected chi connectivity index (χ4v) is 4.42. The van der Waals surface area contributed by atoms with E-state index >= 15 is 0 Å². The lowest BCUT2D eigenvalue weighted by atomic mass is 10.1. The first-order valence-electron chi connectivity index (χ1n) is 9.19. The van der Waals surface area contributed by atoms with Crippen molar-refractivity contribution in [1.82, 2.24) is 0 Å². The van der Waals surface area contributed by atoms with E-state index in [2.05, 4.69) is 32.1 Å². The van der Waals surface area contributed by atoms with Gasteiger partial charge in [-0.15, -0.1) is 16.0 Å². The first kappa shape index (κ1) is 18.1. The number of carbonyl (C=O) groups is 1. The first-order valence-corrected chi connectivity index (χ1v) is 10.0. The number of azo groups is 2. The normalized spacial score (nSPS) is 20.1. The number of nitrogens with zero attached hydrogens (tertiary/aromatic N) is 2. The van der Waals surface area contributed by atoms with Crippen LogP contribution in [0.5, 0.6) is 0 Å². The Morgan fingerprint density at radius 1 is 1.44 bits per heavy atom. The summed E-state index contributed by atoms with van der Waals surface area (Å²) < 4.78 is 7.28. The van der Waals surface area contributed by atoms with Crippen molar-refractivity contribution in [3.8, 4) is 0 Å². The molecule has 2 aliphatic carbocycles. The Kier molecular flexibility index (Phi) is 5.52. The van der Waals surface area contributed by atoms with Gasteiger partial charge in [0.2, 0.25) is 0 Å². The van der Waals surface area contributed by atoms with E-state index < -0.39 is 0 Å². The van der Waals surface area contributed by atoms with Crippen molar-refractivity contribution >= 4 is 29.1 Å². The third-order valence-electron chi connectivity index (χ3n) is 4.91. The fourth-order valence-electron chi connectivity index (χ4n) is 3.22. The molecule has 134 valence electrons. The monoisotopic (exact) mass is 359 g/mol. The second-order valence-electron chi connectivity index (χ2n) is 6.85. The second kappa shape index (κ2) is 7.65. The van der Waals surface area contributed by atoms with Crippen LogP contribution in [-0.2, 0) is 11.2 Å². The number of hydrogen-bond acceptors (Lipinski definition) is 4. The van der Waals surface area contributed by atoms with Crippen LogP contribution in [-0.4, -0.2) is 30.4 Å². The highest BCUT2D eigenvalue weighted by molar-refractivity contribution is 7.14. The molecule has 1 fully saturated rings. The smallest absolute Gasteiger partial charge is 0.350 e. The van der Waals surface area contributed by atoms with E-state index in [0.717, 1.165) is 30.5 Å². The van der Waals surface area contributed by atoms with E-state index in [4.69, 9.17) is 9.85 Å². The van der Waals surface area contributed by atoms with E-state index in [1.165, 1.54) is 16.9 Å². The Bertz CT molecular complexity index is 758. The van der Waals surface area contributed by atoms with Crippen LogP contribution in [0.4, 0.5) is 5.69 Å². The topological polar surface area (TPSA) is 41.7 Å². The van der Waals surface area contributed by atoms with Crippen molar-refractivity contribution in [2.75, 3.05) is 13.7 Å². The molecule has 0 saturated heterocycles. The lowest BCUT2D eigenvalue weighted by molar-refractivity contribution is -0.595. The summed E-state index contributed by atoms with van der Waals surface area (Å²) in [5.41, 5.74) is 3.38. The minimum Gasteiger partial charge on any atom is -0.462 e. The van der Waals surface area contributed by atoms with Gasteiger partial charge < -0.3 is 4.74 Å². The average Bonchev–Trinajstić information content (AvgIpc) is 3.19. The van der Waals surface area contributed by atoms with E-state index in [0.29, 0.717) is 23.4 Å². The van der Waals surface area contributed by atoms with Crippen molar-refractivity contribution in [3.63, 3.8) is 0 Å². The molecule has 5 heteroatoms. The van der Waals surface area contributed by atoms with Crippen molar-refractivity contribution in [2.45, 2.75) is 52.5 Å². The number of hydrogen-bond donors (Lipinski definition) is 0. The van der Waals surface area contributed by atoms with Crippen LogP contribution in [0.15, 0.2) is 22.8 Å². The van der Waals surface area contributed by atoms with Crippen molar-refractivity contribution in [3.05, 3.63) is 33.0 Å². The van der Waals surface area contributed by atoms with Gasteiger partial charge in [0.05, 0.1) is 6.61 Å². The van der Waals surface area contributed by atoms with E-state index in [1.807, 2.05) is 18.7 Å². The van der Waals surface area contributed by atoms with Crippen molar-refractivity contribution < 1.29 is 14.2 Å². The largest absolute Gasteiger partial charge is 0.462 e. The number of thiophene rings is 1. The second-order valence-corrected chi connectivity index (χ2v) is 7.96. The molecule has 0 aliphatic heterocycles. The number of rotatable bonds is 6. The lowest BCUT2D eigenvalue weighted by Crippen LogP contribution is -2.17. The van der Waals surface area contributed by atoms with Crippen LogP contribution in [0.1, 0.15) is 60.1 Å². The molecule has 2 aliphatic rings. The summed E-state index contributed by atoms with van der Waals surface area (Å²) >= 11 is 1.56. The molecule has 0 bridgehead atoms. The number of carbonyl (C=O) groups excluding carboxylic acids is 1. The van der Waals surface area contributed by atoms with Gasteiger partial charge in [-0.25, -0.2) is 4.79 Å². The number of fused-ring (bicyclic) bond motifs is 2. The SMILES string of the molecule is CCCC(C)[N+](C)=Nc1c(C(=O)OCC)sc2c1C=CC=C1CC1C2. The molecule has 1 aromatic rings. The predicted molar refractivity (Wildman–Crippen MR) is 102 cm³/mol. The first-order chi connectivity index (χ1) is 12.0. The Labute approximate surface area is 153 Å². The van der Waals surface area contributed by atoms with Crippen molar-refractivity contribution in [2.24, 2.45) is 11.0 Å². The van der Waals surface area contributed by atoms with E-state index in [-0.39, 0.29) is 5.97 Å². The molecule has 3 rings (SSSR count). The summed E-state index contributed by atoms with van der Waals surface area (Å²) in [6, 6.07) is 0.336. The molecule has 2 unspecified atom stereocenters. The number of allylic oxidation sites excluding steroid dienone is 3. The van der Waals surface area contributed by atoms with Gasteiger partial charge in [-0.1, -0.05) is 30.7 Å².